The largest absolute Gasteiger partial charge is 0.461 e. The number of hydrogen-bond acceptors (Lipinski definition) is 6. The molecular weight excluding hydrogens is 220 g/mol. The Kier molecular flexibility index (Phi) is 3.89. The third-order valence-corrected chi connectivity index (χ3v) is 2.36. The minimum absolute atomic E-state index is 0.484. The van der Waals surface area contributed by atoms with E-state index in [9.17, 15) is 0 Å². The summed E-state index contributed by atoms with van der Waals surface area (Å²) >= 11 is 0. The Labute approximate surface area is 99.4 Å². The lowest BCUT2D eigenvalue weighted by Crippen LogP contribution is -2.21. The zero-order chi connectivity index (χ0) is 12.1. The van der Waals surface area contributed by atoms with Crippen molar-refractivity contribution in [3.05, 3.63) is 24.3 Å². The SMILES string of the molecule is CN(CCCN)Cc1nc(-c2ccco2)no1. The Morgan fingerprint density at radius 3 is 3.06 bits per heavy atom. The molecule has 0 amide bonds. The van der Waals surface area contributed by atoms with Gasteiger partial charge >= 0.3 is 0 Å². The number of aromatic nitrogens is 2. The highest BCUT2D eigenvalue weighted by Crippen LogP contribution is 2.16. The Hall–Kier alpha value is -1.66. The van der Waals surface area contributed by atoms with Crippen LogP contribution in [-0.2, 0) is 6.54 Å². The first-order valence-corrected chi connectivity index (χ1v) is 5.54. The van der Waals surface area contributed by atoms with E-state index in [1.807, 2.05) is 7.05 Å². The summed E-state index contributed by atoms with van der Waals surface area (Å²) in [4.78, 5) is 6.35. The highest BCUT2D eigenvalue weighted by molar-refractivity contribution is 5.44. The average Bonchev–Trinajstić information content (AvgIpc) is 2.95. The van der Waals surface area contributed by atoms with Gasteiger partial charge in [-0.25, -0.2) is 0 Å². The number of hydrogen-bond donors (Lipinski definition) is 1. The van der Waals surface area contributed by atoms with Crippen molar-refractivity contribution in [3.63, 3.8) is 0 Å². The van der Waals surface area contributed by atoms with Gasteiger partial charge in [0, 0.05) is 0 Å². The van der Waals surface area contributed by atoms with Crippen molar-refractivity contribution in [1.82, 2.24) is 15.0 Å². The molecule has 0 aliphatic rings. The lowest BCUT2D eigenvalue weighted by atomic mass is 10.4. The monoisotopic (exact) mass is 236 g/mol. The molecule has 0 fully saturated rings. The zero-order valence-electron chi connectivity index (χ0n) is 9.80. The lowest BCUT2D eigenvalue weighted by Gasteiger charge is -2.12. The maximum Gasteiger partial charge on any atom is 0.241 e. The van der Waals surface area contributed by atoms with Crippen LogP contribution in [0.2, 0.25) is 0 Å². The van der Waals surface area contributed by atoms with Crippen molar-refractivity contribution in [2.75, 3.05) is 20.1 Å². The van der Waals surface area contributed by atoms with Crippen LogP contribution in [0, 0.1) is 0 Å². The molecule has 2 rings (SSSR count). The van der Waals surface area contributed by atoms with Gasteiger partial charge in [0.1, 0.15) is 0 Å². The molecule has 2 heterocycles. The van der Waals surface area contributed by atoms with E-state index in [1.54, 1.807) is 18.4 Å². The van der Waals surface area contributed by atoms with E-state index in [4.69, 9.17) is 14.7 Å². The molecule has 2 N–H and O–H groups in total. The van der Waals surface area contributed by atoms with Crippen LogP contribution in [0.25, 0.3) is 11.6 Å². The minimum atomic E-state index is 0.484. The molecule has 92 valence electrons. The highest BCUT2D eigenvalue weighted by atomic mass is 16.5. The summed E-state index contributed by atoms with van der Waals surface area (Å²) < 4.78 is 10.3. The standard InChI is InChI=1S/C11H16N4O2/c1-15(6-3-5-12)8-10-13-11(14-17-10)9-4-2-7-16-9/h2,4,7H,3,5-6,8,12H2,1H3. The van der Waals surface area contributed by atoms with Gasteiger partial charge in [-0.2, -0.15) is 4.98 Å². The molecule has 0 aliphatic carbocycles. The lowest BCUT2D eigenvalue weighted by molar-refractivity contribution is 0.265. The molecule has 17 heavy (non-hydrogen) atoms. The van der Waals surface area contributed by atoms with Crippen molar-refractivity contribution in [2.45, 2.75) is 13.0 Å². The Balaban J connectivity index is 1.94. The summed E-state index contributed by atoms with van der Waals surface area (Å²) in [5.74, 6) is 1.68. The van der Waals surface area contributed by atoms with Crippen LogP contribution in [0.1, 0.15) is 12.3 Å². The van der Waals surface area contributed by atoms with Gasteiger partial charge in [-0.1, -0.05) is 5.16 Å². The van der Waals surface area contributed by atoms with Crippen LogP contribution in [0.4, 0.5) is 0 Å². The molecule has 2 aromatic heterocycles. The van der Waals surface area contributed by atoms with Crippen LogP contribution in [0.5, 0.6) is 0 Å². The van der Waals surface area contributed by atoms with Crippen LogP contribution >= 0.6 is 0 Å². The van der Waals surface area contributed by atoms with Crippen molar-refractivity contribution in [3.8, 4) is 11.6 Å². The first kappa shape index (κ1) is 11.8. The van der Waals surface area contributed by atoms with Crippen LogP contribution in [0.3, 0.4) is 0 Å². The number of rotatable bonds is 6. The van der Waals surface area contributed by atoms with Crippen LogP contribution in [-0.4, -0.2) is 35.2 Å². The first-order chi connectivity index (χ1) is 8.29. The second-order valence-corrected chi connectivity index (χ2v) is 3.87. The quantitative estimate of drug-likeness (QED) is 0.809. The van der Waals surface area contributed by atoms with Gasteiger partial charge in [0.2, 0.25) is 11.7 Å². The van der Waals surface area contributed by atoms with E-state index in [0.717, 1.165) is 13.0 Å². The van der Waals surface area contributed by atoms with Gasteiger partial charge in [-0.3, -0.25) is 4.90 Å². The summed E-state index contributed by atoms with van der Waals surface area (Å²) in [6.07, 6.45) is 2.54. The summed E-state index contributed by atoms with van der Waals surface area (Å²) in [6.45, 7) is 2.22. The predicted octanol–water partition coefficient (Wildman–Crippen LogP) is 1.11. The van der Waals surface area contributed by atoms with E-state index < -0.39 is 0 Å². The van der Waals surface area contributed by atoms with Gasteiger partial charge in [0.05, 0.1) is 12.8 Å². The molecule has 0 unspecified atom stereocenters. The fourth-order valence-electron chi connectivity index (χ4n) is 1.50. The third kappa shape index (κ3) is 3.15. The summed E-state index contributed by atoms with van der Waals surface area (Å²) in [5.41, 5.74) is 5.45. The normalized spacial score (nSPS) is 11.2. The predicted molar refractivity (Wildman–Crippen MR) is 62.0 cm³/mol. The topological polar surface area (TPSA) is 81.3 Å². The van der Waals surface area contributed by atoms with Crippen molar-refractivity contribution >= 4 is 0 Å². The summed E-state index contributed by atoms with van der Waals surface area (Å²) in [7, 11) is 1.99. The van der Waals surface area contributed by atoms with Gasteiger partial charge in [-0.15, -0.1) is 0 Å². The van der Waals surface area contributed by atoms with E-state index in [0.29, 0.717) is 30.6 Å². The molecule has 0 spiro atoms. The molecule has 6 nitrogen and oxygen atoms in total. The molecule has 6 heteroatoms. The molecule has 0 aliphatic heterocycles. The Morgan fingerprint density at radius 2 is 2.35 bits per heavy atom. The van der Waals surface area contributed by atoms with Crippen molar-refractivity contribution in [1.29, 1.82) is 0 Å². The number of nitrogens with zero attached hydrogens (tertiary/aromatic N) is 3. The fourth-order valence-corrected chi connectivity index (χ4v) is 1.50. The van der Waals surface area contributed by atoms with Crippen LogP contribution in [0.15, 0.2) is 27.3 Å². The molecule has 0 bridgehead atoms. The van der Waals surface area contributed by atoms with E-state index >= 15 is 0 Å². The molecular formula is C11H16N4O2. The fraction of sp³-hybridized carbons (Fsp3) is 0.455. The molecule has 0 aromatic carbocycles. The third-order valence-electron chi connectivity index (χ3n) is 2.36. The maximum atomic E-state index is 5.45. The maximum absolute atomic E-state index is 5.45. The zero-order valence-corrected chi connectivity index (χ0v) is 9.80. The second-order valence-electron chi connectivity index (χ2n) is 3.87. The Morgan fingerprint density at radius 1 is 1.47 bits per heavy atom. The van der Waals surface area contributed by atoms with Gasteiger partial charge < -0.3 is 14.7 Å². The first-order valence-electron chi connectivity index (χ1n) is 5.54. The summed E-state index contributed by atoms with van der Waals surface area (Å²) in [5, 5.41) is 3.86. The molecule has 0 radical (unpaired) electrons. The molecule has 0 atom stereocenters. The number of nitrogens with two attached hydrogens (primary N) is 1. The van der Waals surface area contributed by atoms with Gasteiger partial charge in [0.25, 0.3) is 0 Å². The average molecular weight is 236 g/mol. The van der Waals surface area contributed by atoms with Gasteiger partial charge in [0.15, 0.2) is 5.76 Å². The smallest absolute Gasteiger partial charge is 0.241 e. The molecule has 2 aromatic rings. The van der Waals surface area contributed by atoms with E-state index in [2.05, 4.69) is 15.0 Å². The second kappa shape index (κ2) is 5.60. The number of furan rings is 1. The minimum Gasteiger partial charge on any atom is -0.461 e. The Bertz CT molecular complexity index is 438. The van der Waals surface area contributed by atoms with Crippen LogP contribution < -0.4 is 5.73 Å². The molecule has 0 saturated carbocycles. The van der Waals surface area contributed by atoms with Gasteiger partial charge in [-0.05, 0) is 38.7 Å². The highest BCUT2D eigenvalue weighted by Gasteiger charge is 2.11. The summed E-state index contributed by atoms with van der Waals surface area (Å²) in [6, 6.07) is 3.59. The van der Waals surface area contributed by atoms with Crippen molar-refractivity contribution < 1.29 is 8.94 Å². The van der Waals surface area contributed by atoms with Crippen molar-refractivity contribution in [2.24, 2.45) is 5.73 Å². The van der Waals surface area contributed by atoms with E-state index in [1.165, 1.54) is 0 Å². The molecule has 0 saturated heterocycles. The van der Waals surface area contributed by atoms with E-state index in [-0.39, 0.29) is 0 Å².